The van der Waals surface area contributed by atoms with Gasteiger partial charge in [-0.3, -0.25) is 0 Å². The van der Waals surface area contributed by atoms with Crippen LogP contribution >= 0.6 is 11.6 Å². The predicted molar refractivity (Wildman–Crippen MR) is 87.0 cm³/mol. The van der Waals surface area contributed by atoms with Crippen molar-refractivity contribution in [2.24, 2.45) is 0 Å². The zero-order valence-electron chi connectivity index (χ0n) is 11.8. The Morgan fingerprint density at radius 3 is 2.30 bits per heavy atom. The van der Waals surface area contributed by atoms with Gasteiger partial charge in [0.05, 0.1) is 5.56 Å². The number of halogens is 1. The summed E-state index contributed by atoms with van der Waals surface area (Å²) < 4.78 is 0. The van der Waals surface area contributed by atoms with Gasteiger partial charge in [0.1, 0.15) is 0 Å². The van der Waals surface area contributed by atoms with Gasteiger partial charge in [0.25, 0.3) is 0 Å². The molecule has 0 amide bonds. The van der Waals surface area contributed by atoms with E-state index in [2.05, 4.69) is 20.3 Å². The average Bonchev–Trinajstić information content (AvgIpc) is 2.55. The van der Waals surface area contributed by atoms with Gasteiger partial charge >= 0.3 is 5.97 Å². The average molecular weight is 327 g/mol. The van der Waals surface area contributed by atoms with E-state index in [1.807, 2.05) is 30.3 Å². The number of carboxylic acids is 1. The van der Waals surface area contributed by atoms with E-state index < -0.39 is 5.97 Å². The molecule has 0 aliphatic heterocycles. The Morgan fingerprint density at radius 1 is 0.957 bits per heavy atom. The highest BCUT2D eigenvalue weighted by Crippen LogP contribution is 2.20. The summed E-state index contributed by atoms with van der Waals surface area (Å²) in [6, 6.07) is 15.6. The van der Waals surface area contributed by atoms with Crippen LogP contribution in [-0.2, 0) is 0 Å². The van der Waals surface area contributed by atoms with Crippen molar-refractivity contribution in [1.82, 2.24) is 15.0 Å². The van der Waals surface area contributed by atoms with Gasteiger partial charge in [-0.15, -0.1) is 0 Å². The number of hydrogen-bond acceptors (Lipinski definition) is 5. The first kappa shape index (κ1) is 14.9. The summed E-state index contributed by atoms with van der Waals surface area (Å²) in [5.74, 6) is -0.242. The van der Waals surface area contributed by atoms with Gasteiger partial charge in [0.2, 0.25) is 11.2 Å². The quantitative estimate of drug-likeness (QED) is 0.761. The van der Waals surface area contributed by atoms with E-state index in [1.54, 1.807) is 12.1 Å². The summed E-state index contributed by atoms with van der Waals surface area (Å²) in [6.07, 6.45) is 0. The van der Waals surface area contributed by atoms with Gasteiger partial charge in [0, 0.05) is 11.3 Å². The Balaban J connectivity index is 1.88. The molecule has 0 fully saturated rings. The highest BCUT2D eigenvalue weighted by molar-refractivity contribution is 6.28. The number of nitrogens with zero attached hydrogens (tertiary/aromatic N) is 3. The van der Waals surface area contributed by atoms with Crippen molar-refractivity contribution in [3.05, 3.63) is 65.4 Å². The number of carbonyl (C=O) groups is 1. The van der Waals surface area contributed by atoms with E-state index in [9.17, 15) is 4.79 Å². The molecule has 0 saturated carbocycles. The maximum atomic E-state index is 10.8. The maximum absolute atomic E-state index is 10.8. The summed E-state index contributed by atoms with van der Waals surface area (Å²) >= 11 is 5.95. The Bertz CT molecular complexity index is 838. The molecule has 2 aromatic carbocycles. The minimum Gasteiger partial charge on any atom is -0.478 e. The van der Waals surface area contributed by atoms with Crippen LogP contribution in [0.25, 0.3) is 11.4 Å². The van der Waals surface area contributed by atoms with Crippen molar-refractivity contribution in [3.63, 3.8) is 0 Å². The van der Waals surface area contributed by atoms with Crippen LogP contribution in [0.15, 0.2) is 54.6 Å². The van der Waals surface area contributed by atoms with Gasteiger partial charge in [0.15, 0.2) is 5.82 Å². The molecule has 6 nitrogen and oxygen atoms in total. The minimum atomic E-state index is -0.980. The lowest BCUT2D eigenvalue weighted by atomic mass is 10.2. The van der Waals surface area contributed by atoms with Crippen molar-refractivity contribution < 1.29 is 9.90 Å². The SMILES string of the molecule is O=C(O)c1ccc(Nc2nc(Cl)nc(-c3ccccc3)n2)cc1. The lowest BCUT2D eigenvalue weighted by molar-refractivity contribution is 0.0697. The summed E-state index contributed by atoms with van der Waals surface area (Å²) in [7, 11) is 0. The fraction of sp³-hybridized carbons (Fsp3) is 0. The Kier molecular flexibility index (Phi) is 4.16. The molecule has 7 heteroatoms. The van der Waals surface area contributed by atoms with E-state index in [0.717, 1.165) is 5.56 Å². The molecule has 1 heterocycles. The lowest BCUT2D eigenvalue weighted by Gasteiger charge is -2.07. The molecule has 114 valence electrons. The number of aromatic carboxylic acids is 1. The Morgan fingerprint density at radius 2 is 1.65 bits per heavy atom. The van der Waals surface area contributed by atoms with Crippen molar-refractivity contribution in [1.29, 1.82) is 0 Å². The molecule has 0 spiro atoms. The standard InChI is InChI=1S/C16H11ClN4O2/c17-15-19-13(10-4-2-1-3-5-10)20-16(21-15)18-12-8-6-11(7-9-12)14(22)23/h1-9H,(H,22,23)(H,18,19,20,21). The second kappa shape index (κ2) is 6.41. The molecule has 3 aromatic rings. The predicted octanol–water partition coefficient (Wildman–Crippen LogP) is 3.63. The van der Waals surface area contributed by atoms with Crippen molar-refractivity contribution in [2.45, 2.75) is 0 Å². The molecule has 0 atom stereocenters. The number of anilines is 2. The smallest absolute Gasteiger partial charge is 0.335 e. The Hall–Kier alpha value is -2.99. The third-order valence-corrected chi connectivity index (χ3v) is 3.20. The van der Waals surface area contributed by atoms with Crippen LogP contribution in [0.5, 0.6) is 0 Å². The molecular formula is C16H11ClN4O2. The highest BCUT2D eigenvalue weighted by atomic mass is 35.5. The van der Waals surface area contributed by atoms with Crippen LogP contribution < -0.4 is 5.32 Å². The van der Waals surface area contributed by atoms with E-state index in [1.165, 1.54) is 12.1 Å². The monoisotopic (exact) mass is 326 g/mol. The number of nitrogens with one attached hydrogen (secondary N) is 1. The minimum absolute atomic E-state index is 0.0727. The first-order valence-electron chi connectivity index (χ1n) is 6.69. The first-order chi connectivity index (χ1) is 11.1. The van der Waals surface area contributed by atoms with Crippen LogP contribution in [-0.4, -0.2) is 26.0 Å². The van der Waals surface area contributed by atoms with E-state index in [-0.39, 0.29) is 16.8 Å². The van der Waals surface area contributed by atoms with E-state index in [0.29, 0.717) is 11.5 Å². The number of carboxylic acid groups (broad SMARTS) is 1. The third-order valence-electron chi connectivity index (χ3n) is 3.03. The normalized spacial score (nSPS) is 10.3. The zero-order valence-corrected chi connectivity index (χ0v) is 12.5. The molecule has 0 unspecified atom stereocenters. The highest BCUT2D eigenvalue weighted by Gasteiger charge is 2.08. The summed E-state index contributed by atoms with van der Waals surface area (Å²) in [5.41, 5.74) is 1.67. The van der Waals surface area contributed by atoms with Crippen molar-refractivity contribution >= 4 is 29.2 Å². The van der Waals surface area contributed by atoms with Gasteiger partial charge < -0.3 is 10.4 Å². The molecule has 2 N–H and O–H groups in total. The second-order valence-corrected chi connectivity index (χ2v) is 4.96. The number of hydrogen-bond donors (Lipinski definition) is 2. The number of aromatic nitrogens is 3. The van der Waals surface area contributed by atoms with Crippen LogP contribution in [0.3, 0.4) is 0 Å². The first-order valence-corrected chi connectivity index (χ1v) is 7.07. The van der Waals surface area contributed by atoms with Crippen LogP contribution in [0.1, 0.15) is 10.4 Å². The largest absolute Gasteiger partial charge is 0.478 e. The van der Waals surface area contributed by atoms with Crippen LogP contribution in [0.4, 0.5) is 11.6 Å². The van der Waals surface area contributed by atoms with Gasteiger partial charge in [-0.2, -0.15) is 15.0 Å². The third kappa shape index (κ3) is 3.61. The number of rotatable bonds is 4. The second-order valence-electron chi connectivity index (χ2n) is 4.63. The summed E-state index contributed by atoms with van der Waals surface area (Å²) in [6.45, 7) is 0. The van der Waals surface area contributed by atoms with Crippen LogP contribution in [0, 0.1) is 0 Å². The summed E-state index contributed by atoms with van der Waals surface area (Å²) in [4.78, 5) is 23.3. The van der Waals surface area contributed by atoms with Gasteiger partial charge in [-0.05, 0) is 35.9 Å². The Labute approximate surface area is 136 Å². The lowest BCUT2D eigenvalue weighted by Crippen LogP contribution is -2.02. The molecule has 1 aromatic heterocycles. The van der Waals surface area contributed by atoms with E-state index in [4.69, 9.17) is 16.7 Å². The molecular weight excluding hydrogens is 316 g/mol. The topological polar surface area (TPSA) is 88.0 Å². The fourth-order valence-electron chi connectivity index (χ4n) is 1.95. The van der Waals surface area contributed by atoms with Crippen molar-refractivity contribution in [3.8, 4) is 11.4 Å². The fourth-order valence-corrected chi connectivity index (χ4v) is 2.11. The van der Waals surface area contributed by atoms with Crippen molar-refractivity contribution in [2.75, 3.05) is 5.32 Å². The molecule has 0 radical (unpaired) electrons. The molecule has 0 saturated heterocycles. The summed E-state index contributed by atoms with van der Waals surface area (Å²) in [5, 5.41) is 11.9. The van der Waals surface area contributed by atoms with Gasteiger partial charge in [-0.1, -0.05) is 30.3 Å². The van der Waals surface area contributed by atoms with Gasteiger partial charge in [-0.25, -0.2) is 4.79 Å². The number of benzene rings is 2. The molecule has 0 bridgehead atoms. The molecule has 0 aliphatic rings. The molecule has 0 aliphatic carbocycles. The van der Waals surface area contributed by atoms with Crippen LogP contribution in [0.2, 0.25) is 5.28 Å². The maximum Gasteiger partial charge on any atom is 0.335 e. The zero-order chi connectivity index (χ0) is 16.2. The molecule has 3 rings (SSSR count). The van der Waals surface area contributed by atoms with E-state index >= 15 is 0 Å². The molecule has 23 heavy (non-hydrogen) atoms.